The summed E-state index contributed by atoms with van der Waals surface area (Å²) in [5, 5.41) is 12.8. The monoisotopic (exact) mass is 542 g/mol. The molecule has 1 aromatic heterocycles. The molecule has 1 unspecified atom stereocenters. The number of aromatic carboxylic acids is 1. The summed E-state index contributed by atoms with van der Waals surface area (Å²) in [7, 11) is 0. The van der Waals surface area contributed by atoms with Crippen LogP contribution in [0.2, 0.25) is 0 Å². The van der Waals surface area contributed by atoms with Crippen molar-refractivity contribution >= 4 is 23.9 Å². The maximum absolute atomic E-state index is 11.4. The molecule has 0 amide bonds. The van der Waals surface area contributed by atoms with Gasteiger partial charge in [-0.15, -0.1) is 0 Å². The van der Waals surface area contributed by atoms with Crippen LogP contribution in [-0.2, 0) is 6.42 Å². The van der Waals surface area contributed by atoms with Crippen LogP contribution in [0.1, 0.15) is 52.6 Å². The van der Waals surface area contributed by atoms with E-state index in [1.807, 2.05) is 38.1 Å². The summed E-state index contributed by atoms with van der Waals surface area (Å²) in [5.41, 5.74) is 6.68. The van der Waals surface area contributed by atoms with E-state index in [4.69, 9.17) is 9.72 Å². The predicted octanol–water partition coefficient (Wildman–Crippen LogP) is 6.87. The molecule has 7 nitrogen and oxygen atoms in total. The Hall–Kier alpha value is -3.88. The minimum Gasteiger partial charge on any atom is -0.478 e. The summed E-state index contributed by atoms with van der Waals surface area (Å²) in [5.74, 6) is -0.113. The molecule has 1 atom stereocenters. The summed E-state index contributed by atoms with van der Waals surface area (Å²) in [6.07, 6.45) is 0.763. The van der Waals surface area contributed by atoms with E-state index in [0.29, 0.717) is 18.4 Å². The number of nitrogens with one attached hydrogen (secondary N) is 2. The van der Waals surface area contributed by atoms with E-state index in [1.165, 1.54) is 17.5 Å². The number of hydrogen-bond acceptors (Lipinski definition) is 7. The Balaban J connectivity index is 0.00000172. The van der Waals surface area contributed by atoms with Gasteiger partial charge < -0.3 is 15.2 Å². The van der Waals surface area contributed by atoms with E-state index in [1.54, 1.807) is 18.2 Å². The Morgan fingerprint density at radius 2 is 1.74 bits per heavy atom. The van der Waals surface area contributed by atoms with Crippen molar-refractivity contribution in [2.75, 3.05) is 17.8 Å². The first-order valence-electron chi connectivity index (χ1n) is 13.1. The number of hydrogen-bond donors (Lipinski definition) is 3. The van der Waals surface area contributed by atoms with E-state index in [-0.39, 0.29) is 11.7 Å². The molecule has 3 N–H and O–H groups in total. The van der Waals surface area contributed by atoms with E-state index in [2.05, 4.69) is 59.2 Å². The molecule has 8 heteroatoms. The third-order valence-electron chi connectivity index (χ3n) is 6.35. The zero-order valence-electron chi connectivity index (χ0n) is 22.7. The molecule has 5 rings (SSSR count). The highest BCUT2D eigenvalue weighted by molar-refractivity contribution is 8.00. The molecule has 2 heterocycles. The number of anilines is 1. The molecule has 4 aromatic rings. The number of carbonyl (C=O) groups is 1. The highest BCUT2D eigenvalue weighted by Gasteiger charge is 2.21. The molecule has 0 saturated heterocycles. The summed E-state index contributed by atoms with van der Waals surface area (Å²) in [6.45, 7) is 9.71. The van der Waals surface area contributed by atoms with Crippen LogP contribution in [0.5, 0.6) is 5.88 Å². The van der Waals surface area contributed by atoms with Crippen molar-refractivity contribution in [1.82, 2.24) is 15.3 Å². The van der Waals surface area contributed by atoms with Gasteiger partial charge in [0.1, 0.15) is 6.10 Å². The van der Waals surface area contributed by atoms with Crippen molar-refractivity contribution in [2.24, 2.45) is 0 Å². The number of carboxylic acids is 1. The topological polar surface area (TPSA) is 96.4 Å². The van der Waals surface area contributed by atoms with Gasteiger partial charge in [0, 0.05) is 23.1 Å². The van der Waals surface area contributed by atoms with Crippen LogP contribution >= 0.6 is 11.9 Å². The number of rotatable bonds is 7. The van der Waals surface area contributed by atoms with Gasteiger partial charge in [-0.25, -0.2) is 9.78 Å². The van der Waals surface area contributed by atoms with Gasteiger partial charge in [-0.2, -0.15) is 4.98 Å². The van der Waals surface area contributed by atoms with Crippen molar-refractivity contribution in [3.05, 3.63) is 101 Å². The molecule has 3 aromatic carbocycles. The lowest BCUT2D eigenvalue weighted by Gasteiger charge is -2.20. The molecule has 0 fully saturated rings. The second-order valence-electron chi connectivity index (χ2n) is 8.98. The van der Waals surface area contributed by atoms with E-state index in [0.717, 1.165) is 45.8 Å². The second kappa shape index (κ2) is 13.3. The molecule has 0 radical (unpaired) electrons. The number of aromatic nitrogens is 2. The lowest BCUT2D eigenvalue weighted by Crippen LogP contribution is -2.24. The van der Waals surface area contributed by atoms with Crippen molar-refractivity contribution in [3.63, 3.8) is 0 Å². The number of benzene rings is 3. The number of fused-ring (bicyclic) bond motifs is 1. The van der Waals surface area contributed by atoms with Crippen molar-refractivity contribution in [1.29, 1.82) is 0 Å². The third kappa shape index (κ3) is 6.96. The minimum absolute atomic E-state index is 0.188. The maximum Gasteiger partial charge on any atom is 0.335 e. The summed E-state index contributed by atoms with van der Waals surface area (Å²) >= 11 is 1.26. The number of ether oxygens (including phenoxy) is 1. The van der Waals surface area contributed by atoms with Crippen LogP contribution in [0.4, 0.5) is 5.95 Å². The van der Waals surface area contributed by atoms with Crippen LogP contribution in [0, 0.1) is 13.8 Å². The highest BCUT2D eigenvalue weighted by Crippen LogP contribution is 2.32. The highest BCUT2D eigenvalue weighted by atomic mass is 32.2. The SMILES string of the molecule is CC.Cc1cccc(C)c1-c1cc(OC2CNCCc3ccccc32)nc(NSc2cccc(C(=O)O)c2)n1. The van der Waals surface area contributed by atoms with Gasteiger partial charge in [-0.05, 0) is 79.2 Å². The average Bonchev–Trinajstić information content (AvgIpc) is 3.15. The fourth-order valence-electron chi connectivity index (χ4n) is 4.57. The van der Waals surface area contributed by atoms with Gasteiger partial charge >= 0.3 is 5.97 Å². The van der Waals surface area contributed by atoms with Crippen LogP contribution < -0.4 is 14.8 Å². The molecule has 1 aliphatic rings. The quantitative estimate of drug-likeness (QED) is 0.218. The smallest absolute Gasteiger partial charge is 0.335 e. The Kier molecular flexibility index (Phi) is 9.57. The third-order valence-corrected chi connectivity index (χ3v) is 7.12. The van der Waals surface area contributed by atoms with Crippen LogP contribution in [0.25, 0.3) is 11.3 Å². The molecular formula is C31H34N4O3S. The summed E-state index contributed by atoms with van der Waals surface area (Å²) < 4.78 is 9.70. The fraction of sp³-hybridized carbons (Fsp3) is 0.258. The molecule has 39 heavy (non-hydrogen) atoms. The average molecular weight is 543 g/mol. The summed E-state index contributed by atoms with van der Waals surface area (Å²) in [4.78, 5) is 21.6. The maximum atomic E-state index is 11.4. The van der Waals surface area contributed by atoms with Crippen LogP contribution in [0.15, 0.2) is 77.7 Å². The minimum atomic E-state index is -0.969. The lowest BCUT2D eigenvalue weighted by molar-refractivity contribution is 0.0696. The van der Waals surface area contributed by atoms with Gasteiger partial charge in [-0.3, -0.25) is 4.72 Å². The Morgan fingerprint density at radius 1 is 1.00 bits per heavy atom. The van der Waals surface area contributed by atoms with Crippen molar-refractivity contribution < 1.29 is 14.6 Å². The molecule has 0 bridgehead atoms. The van der Waals surface area contributed by atoms with Gasteiger partial charge in [-0.1, -0.05) is 62.4 Å². The lowest BCUT2D eigenvalue weighted by atomic mass is 10.00. The molecule has 202 valence electrons. The number of nitrogens with zero attached hydrogens (tertiary/aromatic N) is 2. The van der Waals surface area contributed by atoms with E-state index >= 15 is 0 Å². The zero-order valence-corrected chi connectivity index (χ0v) is 23.5. The molecule has 0 saturated carbocycles. The zero-order chi connectivity index (χ0) is 27.8. The fourth-order valence-corrected chi connectivity index (χ4v) is 5.20. The number of carboxylic acid groups (broad SMARTS) is 1. The number of aryl methyl sites for hydroxylation is 2. The van der Waals surface area contributed by atoms with Gasteiger partial charge in [0.15, 0.2) is 0 Å². The van der Waals surface area contributed by atoms with Crippen LogP contribution in [0.3, 0.4) is 0 Å². The standard InChI is InChI=1S/C29H28N4O3S.C2H6/c1-18-7-5-8-19(2)27(18)24-16-26(36-25-17-30-14-13-20-9-3-4-12-23(20)25)32-29(31-24)33-37-22-11-6-10-21(15-22)28(34)35;1-2/h3-12,15-16,25,30H,13-14,17H2,1-2H3,(H,34,35)(H,31,32,33);1-2H3. The van der Waals surface area contributed by atoms with Crippen LogP contribution in [-0.4, -0.2) is 34.1 Å². The Morgan fingerprint density at radius 3 is 2.51 bits per heavy atom. The first-order chi connectivity index (χ1) is 19.0. The first-order valence-corrected chi connectivity index (χ1v) is 14.0. The molecule has 0 spiro atoms. The second-order valence-corrected chi connectivity index (χ2v) is 9.86. The summed E-state index contributed by atoms with van der Waals surface area (Å²) in [6, 6.07) is 23.1. The van der Waals surface area contributed by atoms with Gasteiger partial charge in [0.05, 0.1) is 11.3 Å². The molecule has 0 aliphatic carbocycles. The van der Waals surface area contributed by atoms with Gasteiger partial charge in [0.2, 0.25) is 11.8 Å². The first kappa shape index (κ1) is 28.1. The van der Waals surface area contributed by atoms with E-state index in [9.17, 15) is 9.90 Å². The van der Waals surface area contributed by atoms with Crippen molar-refractivity contribution in [3.8, 4) is 17.1 Å². The van der Waals surface area contributed by atoms with Gasteiger partial charge in [0.25, 0.3) is 0 Å². The normalized spacial score (nSPS) is 14.3. The largest absolute Gasteiger partial charge is 0.478 e. The van der Waals surface area contributed by atoms with E-state index < -0.39 is 5.97 Å². The molecular weight excluding hydrogens is 508 g/mol. The Bertz CT molecular complexity index is 1420. The van der Waals surface area contributed by atoms with Crippen molar-refractivity contribution in [2.45, 2.75) is 45.1 Å². The predicted molar refractivity (Wildman–Crippen MR) is 158 cm³/mol. The Labute approximate surface area is 234 Å². The molecule has 1 aliphatic heterocycles.